The molecule has 0 aromatic heterocycles. The Balaban J connectivity index is 2.15. The number of ether oxygens (including phenoxy) is 3. The van der Waals surface area contributed by atoms with Gasteiger partial charge in [-0.2, -0.15) is 0 Å². The van der Waals surface area contributed by atoms with E-state index in [4.69, 9.17) is 9.47 Å². The van der Waals surface area contributed by atoms with E-state index < -0.39 is 0 Å². The molecule has 0 radical (unpaired) electrons. The van der Waals surface area contributed by atoms with Crippen LogP contribution in [0.15, 0.2) is 23.1 Å². The average molecular weight is 339 g/mol. The van der Waals surface area contributed by atoms with E-state index in [9.17, 15) is 9.59 Å². The number of methoxy groups -OCH3 is 2. The predicted molar refractivity (Wildman–Crippen MR) is 88.2 cm³/mol. The van der Waals surface area contributed by atoms with E-state index in [1.165, 1.54) is 26.0 Å². The van der Waals surface area contributed by atoms with Crippen molar-refractivity contribution < 1.29 is 23.8 Å². The molecule has 1 saturated heterocycles. The molecule has 0 spiro atoms. The molecule has 1 aromatic rings. The van der Waals surface area contributed by atoms with Crippen molar-refractivity contribution >= 4 is 29.4 Å². The topological polar surface area (TPSA) is 65.1 Å². The van der Waals surface area contributed by atoms with E-state index in [1.807, 2.05) is 12.1 Å². The zero-order valence-corrected chi connectivity index (χ0v) is 14.2. The Kier molecular flexibility index (Phi) is 6.73. The van der Waals surface area contributed by atoms with E-state index in [2.05, 4.69) is 9.64 Å². The third kappa shape index (κ3) is 5.14. The van der Waals surface area contributed by atoms with Gasteiger partial charge < -0.3 is 19.1 Å². The molecular weight excluding hydrogens is 318 g/mol. The smallest absolute Gasteiger partial charge is 0.337 e. The summed E-state index contributed by atoms with van der Waals surface area (Å²) in [5.41, 5.74) is 1.48. The lowest BCUT2D eigenvalue weighted by molar-refractivity contribution is -0.140. The molecule has 0 N–H and O–H groups in total. The van der Waals surface area contributed by atoms with Gasteiger partial charge in [0.2, 0.25) is 0 Å². The van der Waals surface area contributed by atoms with Gasteiger partial charge in [0.15, 0.2) is 0 Å². The van der Waals surface area contributed by atoms with Crippen LogP contribution in [0.2, 0.25) is 0 Å². The number of rotatable bonds is 6. The van der Waals surface area contributed by atoms with Crippen LogP contribution in [0.4, 0.5) is 5.69 Å². The summed E-state index contributed by atoms with van der Waals surface area (Å²) in [6, 6.07) is 5.65. The number of carbonyl (C=O) groups excluding carboxylic acids is 2. The largest absolute Gasteiger partial charge is 0.469 e. The highest BCUT2D eigenvalue weighted by Crippen LogP contribution is 2.28. The SMILES string of the molecule is COC(=O)CCSc1cc(C(=O)OC)cc(N2CCOCC2)c1. The number of nitrogens with zero attached hydrogens (tertiary/aromatic N) is 1. The summed E-state index contributed by atoms with van der Waals surface area (Å²) in [4.78, 5) is 26.2. The summed E-state index contributed by atoms with van der Waals surface area (Å²) in [5.74, 6) is -0.00945. The number of benzene rings is 1. The minimum absolute atomic E-state index is 0.241. The van der Waals surface area contributed by atoms with Gasteiger partial charge in [-0.25, -0.2) is 4.79 Å². The summed E-state index contributed by atoms with van der Waals surface area (Å²) in [5, 5.41) is 0. The van der Waals surface area contributed by atoms with Gasteiger partial charge in [-0.15, -0.1) is 11.8 Å². The summed E-state index contributed by atoms with van der Waals surface area (Å²) >= 11 is 1.52. The Morgan fingerprint density at radius 3 is 2.57 bits per heavy atom. The van der Waals surface area contributed by atoms with Gasteiger partial charge >= 0.3 is 11.9 Å². The Labute approximate surface area is 140 Å². The minimum Gasteiger partial charge on any atom is -0.469 e. The molecule has 0 aliphatic carbocycles. The third-order valence-electron chi connectivity index (χ3n) is 3.49. The first-order chi connectivity index (χ1) is 11.1. The van der Waals surface area contributed by atoms with Gasteiger partial charge in [-0.3, -0.25) is 4.79 Å². The number of hydrogen-bond acceptors (Lipinski definition) is 7. The maximum Gasteiger partial charge on any atom is 0.337 e. The molecule has 0 unspecified atom stereocenters. The van der Waals surface area contributed by atoms with E-state index in [0.29, 0.717) is 31.0 Å². The van der Waals surface area contributed by atoms with Crippen LogP contribution in [0.25, 0.3) is 0 Å². The maximum absolute atomic E-state index is 11.9. The summed E-state index contributed by atoms with van der Waals surface area (Å²) in [6.07, 6.45) is 0.330. The molecule has 7 heteroatoms. The van der Waals surface area contributed by atoms with Gasteiger partial charge in [0.05, 0.1) is 39.4 Å². The number of anilines is 1. The lowest BCUT2D eigenvalue weighted by Gasteiger charge is -2.29. The highest BCUT2D eigenvalue weighted by atomic mass is 32.2. The maximum atomic E-state index is 11.9. The number of hydrogen-bond donors (Lipinski definition) is 0. The van der Waals surface area contributed by atoms with Crippen molar-refractivity contribution in [3.05, 3.63) is 23.8 Å². The van der Waals surface area contributed by atoms with Crippen LogP contribution in [0, 0.1) is 0 Å². The van der Waals surface area contributed by atoms with Crippen LogP contribution in [-0.2, 0) is 19.0 Å². The molecule has 0 bridgehead atoms. The average Bonchev–Trinajstić information content (AvgIpc) is 2.61. The Bertz CT molecular complexity index is 557. The third-order valence-corrected chi connectivity index (χ3v) is 4.47. The highest BCUT2D eigenvalue weighted by molar-refractivity contribution is 7.99. The molecule has 1 aliphatic rings. The zero-order chi connectivity index (χ0) is 16.7. The molecule has 0 saturated carbocycles. The lowest BCUT2D eigenvalue weighted by atomic mass is 10.2. The van der Waals surface area contributed by atoms with Crippen molar-refractivity contribution in [3.63, 3.8) is 0 Å². The summed E-state index contributed by atoms with van der Waals surface area (Å²) < 4.78 is 14.8. The second-order valence-corrected chi connectivity index (χ2v) is 6.15. The Hall–Kier alpha value is -1.73. The molecule has 2 rings (SSSR count). The van der Waals surface area contributed by atoms with Gasteiger partial charge in [0, 0.05) is 29.4 Å². The van der Waals surface area contributed by atoms with Crippen LogP contribution in [0.1, 0.15) is 16.8 Å². The molecule has 23 heavy (non-hydrogen) atoms. The summed E-state index contributed by atoms with van der Waals surface area (Å²) in [6.45, 7) is 2.92. The second-order valence-electron chi connectivity index (χ2n) is 4.98. The number of morpholine rings is 1. The fourth-order valence-electron chi connectivity index (χ4n) is 2.26. The van der Waals surface area contributed by atoms with Crippen LogP contribution >= 0.6 is 11.8 Å². The minimum atomic E-state index is -0.366. The monoisotopic (exact) mass is 339 g/mol. The van der Waals surface area contributed by atoms with E-state index in [1.54, 1.807) is 6.07 Å². The molecule has 1 heterocycles. The van der Waals surface area contributed by atoms with Crippen LogP contribution in [-0.4, -0.2) is 58.2 Å². The van der Waals surface area contributed by atoms with Gasteiger partial charge in [-0.1, -0.05) is 0 Å². The number of thioether (sulfide) groups is 1. The van der Waals surface area contributed by atoms with Crippen molar-refractivity contribution in [3.8, 4) is 0 Å². The number of carbonyl (C=O) groups is 2. The normalized spacial score (nSPS) is 14.4. The van der Waals surface area contributed by atoms with Crippen molar-refractivity contribution in [2.24, 2.45) is 0 Å². The molecule has 6 nitrogen and oxygen atoms in total. The lowest BCUT2D eigenvalue weighted by Crippen LogP contribution is -2.36. The molecule has 126 valence electrons. The van der Waals surface area contributed by atoms with Gasteiger partial charge in [0.25, 0.3) is 0 Å². The fraction of sp³-hybridized carbons (Fsp3) is 0.500. The standard InChI is InChI=1S/C16H21NO5S/c1-20-15(18)3-8-23-14-10-12(16(19)21-2)9-13(11-14)17-4-6-22-7-5-17/h9-11H,3-8H2,1-2H3. The predicted octanol–water partition coefficient (Wildman–Crippen LogP) is 1.96. The Morgan fingerprint density at radius 2 is 1.91 bits per heavy atom. The molecule has 1 aliphatic heterocycles. The van der Waals surface area contributed by atoms with Crippen LogP contribution < -0.4 is 4.90 Å². The highest BCUT2D eigenvalue weighted by Gasteiger charge is 2.16. The summed E-state index contributed by atoms with van der Waals surface area (Å²) in [7, 11) is 2.75. The van der Waals surface area contributed by atoms with E-state index in [0.717, 1.165) is 23.7 Å². The molecule has 0 atom stereocenters. The van der Waals surface area contributed by atoms with E-state index >= 15 is 0 Å². The Morgan fingerprint density at radius 1 is 1.17 bits per heavy atom. The first-order valence-corrected chi connectivity index (χ1v) is 8.38. The molecular formula is C16H21NO5S. The van der Waals surface area contributed by atoms with Crippen molar-refractivity contribution in [2.45, 2.75) is 11.3 Å². The molecule has 1 fully saturated rings. The second kappa shape index (κ2) is 8.79. The molecule has 0 amide bonds. The van der Waals surface area contributed by atoms with Crippen LogP contribution in [0.5, 0.6) is 0 Å². The van der Waals surface area contributed by atoms with Crippen molar-refractivity contribution in [2.75, 3.05) is 51.2 Å². The van der Waals surface area contributed by atoms with E-state index in [-0.39, 0.29) is 11.9 Å². The number of esters is 2. The first-order valence-electron chi connectivity index (χ1n) is 7.39. The van der Waals surface area contributed by atoms with Crippen molar-refractivity contribution in [1.82, 2.24) is 0 Å². The van der Waals surface area contributed by atoms with Gasteiger partial charge in [-0.05, 0) is 18.2 Å². The van der Waals surface area contributed by atoms with Crippen molar-refractivity contribution in [1.29, 1.82) is 0 Å². The van der Waals surface area contributed by atoms with Gasteiger partial charge in [0.1, 0.15) is 0 Å². The first kappa shape index (κ1) is 17.6. The van der Waals surface area contributed by atoms with Crippen LogP contribution in [0.3, 0.4) is 0 Å². The fourth-order valence-corrected chi connectivity index (χ4v) is 3.18. The molecule has 1 aromatic carbocycles. The zero-order valence-electron chi connectivity index (χ0n) is 13.4. The quantitative estimate of drug-likeness (QED) is 0.580.